The number of carbonyl (C=O) groups is 1. The number of nitrogens with one attached hydrogen (secondary N) is 1. The first kappa shape index (κ1) is 12.8. The Morgan fingerprint density at radius 1 is 1.35 bits per heavy atom. The van der Waals surface area contributed by atoms with Gasteiger partial charge in [-0.2, -0.15) is 5.10 Å². The van der Waals surface area contributed by atoms with E-state index in [1.54, 1.807) is 17.9 Å². The molecule has 3 aromatic rings. The van der Waals surface area contributed by atoms with Gasteiger partial charge < -0.3 is 0 Å². The van der Waals surface area contributed by atoms with Crippen molar-refractivity contribution in [3.63, 3.8) is 0 Å². The van der Waals surface area contributed by atoms with Crippen molar-refractivity contribution < 1.29 is 4.79 Å². The first-order valence-corrected chi connectivity index (χ1v) is 7.02. The van der Waals surface area contributed by atoms with Gasteiger partial charge in [0.25, 0.3) is 5.91 Å². The quantitative estimate of drug-likeness (QED) is 0.788. The maximum Gasteiger partial charge on any atom is 0.260 e. The molecule has 5 nitrogen and oxygen atoms in total. The lowest BCUT2D eigenvalue weighted by Gasteiger charge is -1.97. The Balaban J connectivity index is 1.91. The Kier molecular flexibility index (Phi) is 3.02. The second-order valence-corrected chi connectivity index (χ2v) is 5.84. The first-order chi connectivity index (χ1) is 9.52. The number of nitrogens with zero attached hydrogens (tertiary/aromatic N) is 3. The third-order valence-electron chi connectivity index (χ3n) is 3.02. The van der Waals surface area contributed by atoms with Gasteiger partial charge in [-0.25, -0.2) is 4.98 Å². The minimum Gasteiger partial charge on any atom is -0.298 e. The van der Waals surface area contributed by atoms with Crippen LogP contribution in [-0.4, -0.2) is 20.7 Å². The summed E-state index contributed by atoms with van der Waals surface area (Å²) in [6.07, 6.45) is 3.22. The zero-order valence-corrected chi connectivity index (χ0v) is 12.3. The Hall–Kier alpha value is -2.21. The van der Waals surface area contributed by atoms with Crippen LogP contribution in [-0.2, 0) is 7.05 Å². The summed E-state index contributed by atoms with van der Waals surface area (Å²) in [5.74, 6) is -0.188. The predicted octanol–water partition coefficient (Wildman–Crippen LogP) is 2.90. The van der Waals surface area contributed by atoms with Crippen LogP contribution in [0.2, 0.25) is 0 Å². The topological polar surface area (TPSA) is 59.8 Å². The van der Waals surface area contributed by atoms with E-state index in [0.717, 1.165) is 15.8 Å². The van der Waals surface area contributed by atoms with Crippen molar-refractivity contribution >= 4 is 32.6 Å². The second-order valence-electron chi connectivity index (χ2n) is 4.80. The molecule has 2 heterocycles. The van der Waals surface area contributed by atoms with E-state index in [-0.39, 0.29) is 5.91 Å². The predicted molar refractivity (Wildman–Crippen MR) is 80.3 cm³/mol. The molecule has 1 amide bonds. The Labute approximate surface area is 120 Å². The number of hydrogen-bond donors (Lipinski definition) is 1. The SMILES string of the molecule is Cc1cc(C)c2nc(NC(=O)c3cnn(C)c3)sc2c1. The molecule has 0 saturated carbocycles. The van der Waals surface area contributed by atoms with E-state index in [1.165, 1.54) is 23.1 Å². The average Bonchev–Trinajstić information content (AvgIpc) is 2.95. The average molecular weight is 286 g/mol. The van der Waals surface area contributed by atoms with Crippen molar-refractivity contribution in [1.82, 2.24) is 14.8 Å². The summed E-state index contributed by atoms with van der Waals surface area (Å²) in [7, 11) is 1.78. The highest BCUT2D eigenvalue weighted by Gasteiger charge is 2.12. The highest BCUT2D eigenvalue weighted by Crippen LogP contribution is 2.29. The lowest BCUT2D eigenvalue weighted by Crippen LogP contribution is -2.10. The molecule has 1 N–H and O–H groups in total. The number of hydrogen-bond acceptors (Lipinski definition) is 4. The lowest BCUT2D eigenvalue weighted by molar-refractivity contribution is 0.102. The molecule has 0 bridgehead atoms. The highest BCUT2D eigenvalue weighted by molar-refractivity contribution is 7.22. The van der Waals surface area contributed by atoms with Gasteiger partial charge in [-0.15, -0.1) is 0 Å². The van der Waals surface area contributed by atoms with Gasteiger partial charge in [-0.1, -0.05) is 17.4 Å². The lowest BCUT2D eigenvalue weighted by atomic mass is 10.1. The summed E-state index contributed by atoms with van der Waals surface area (Å²) >= 11 is 1.49. The summed E-state index contributed by atoms with van der Waals surface area (Å²) in [5, 5.41) is 7.42. The number of anilines is 1. The first-order valence-electron chi connectivity index (χ1n) is 6.21. The van der Waals surface area contributed by atoms with E-state index in [0.29, 0.717) is 10.7 Å². The van der Waals surface area contributed by atoms with E-state index in [4.69, 9.17) is 0 Å². The third-order valence-corrected chi connectivity index (χ3v) is 3.94. The molecule has 3 rings (SSSR count). The number of aromatic nitrogens is 3. The zero-order valence-electron chi connectivity index (χ0n) is 11.5. The fourth-order valence-corrected chi connectivity index (χ4v) is 3.17. The van der Waals surface area contributed by atoms with Crippen LogP contribution in [0.25, 0.3) is 10.2 Å². The molecule has 1 aromatic carbocycles. The van der Waals surface area contributed by atoms with Gasteiger partial charge in [0, 0.05) is 13.2 Å². The maximum absolute atomic E-state index is 12.1. The summed E-state index contributed by atoms with van der Waals surface area (Å²) in [5.41, 5.74) is 3.80. The minimum atomic E-state index is -0.188. The molecule has 0 radical (unpaired) electrons. The summed E-state index contributed by atoms with van der Waals surface area (Å²) < 4.78 is 2.69. The van der Waals surface area contributed by atoms with Crippen molar-refractivity contribution in [2.75, 3.05) is 5.32 Å². The summed E-state index contributed by atoms with van der Waals surface area (Å²) in [4.78, 5) is 16.5. The van der Waals surface area contributed by atoms with Crippen molar-refractivity contribution in [3.05, 3.63) is 41.2 Å². The van der Waals surface area contributed by atoms with E-state index in [2.05, 4.69) is 34.5 Å². The normalized spacial score (nSPS) is 10.9. The van der Waals surface area contributed by atoms with Gasteiger partial charge in [-0.05, 0) is 31.0 Å². The number of rotatable bonds is 2. The minimum absolute atomic E-state index is 0.188. The van der Waals surface area contributed by atoms with E-state index in [1.807, 2.05) is 6.92 Å². The molecule has 0 saturated heterocycles. The zero-order chi connectivity index (χ0) is 14.3. The number of carbonyl (C=O) groups excluding carboxylic acids is 1. The number of thiazole rings is 1. The van der Waals surface area contributed by atoms with E-state index < -0.39 is 0 Å². The maximum atomic E-state index is 12.1. The molecule has 0 aliphatic carbocycles. The number of benzene rings is 1. The fraction of sp³-hybridized carbons (Fsp3) is 0.214. The molecule has 20 heavy (non-hydrogen) atoms. The number of fused-ring (bicyclic) bond motifs is 1. The molecular weight excluding hydrogens is 272 g/mol. The molecule has 0 fully saturated rings. The van der Waals surface area contributed by atoms with Crippen molar-refractivity contribution in [2.45, 2.75) is 13.8 Å². The van der Waals surface area contributed by atoms with Crippen LogP contribution in [0.1, 0.15) is 21.5 Å². The molecule has 0 aliphatic heterocycles. The summed E-state index contributed by atoms with van der Waals surface area (Å²) in [6.45, 7) is 4.09. The van der Waals surface area contributed by atoms with Gasteiger partial charge in [0.1, 0.15) is 0 Å². The Morgan fingerprint density at radius 3 is 2.85 bits per heavy atom. The number of aryl methyl sites for hydroxylation is 3. The van der Waals surface area contributed by atoms with Crippen LogP contribution in [0.15, 0.2) is 24.5 Å². The van der Waals surface area contributed by atoms with E-state index >= 15 is 0 Å². The van der Waals surface area contributed by atoms with Crippen LogP contribution < -0.4 is 5.32 Å². The van der Waals surface area contributed by atoms with E-state index in [9.17, 15) is 4.79 Å². The van der Waals surface area contributed by atoms with Crippen molar-refractivity contribution in [3.8, 4) is 0 Å². The Morgan fingerprint density at radius 2 is 2.15 bits per heavy atom. The third kappa shape index (κ3) is 2.30. The van der Waals surface area contributed by atoms with Crippen LogP contribution >= 0.6 is 11.3 Å². The fourth-order valence-electron chi connectivity index (χ4n) is 2.13. The van der Waals surface area contributed by atoms with Gasteiger partial charge in [0.15, 0.2) is 5.13 Å². The van der Waals surface area contributed by atoms with Crippen LogP contribution in [0.5, 0.6) is 0 Å². The molecule has 6 heteroatoms. The van der Waals surface area contributed by atoms with Crippen LogP contribution in [0, 0.1) is 13.8 Å². The second kappa shape index (κ2) is 4.72. The molecule has 0 atom stereocenters. The molecule has 0 spiro atoms. The van der Waals surface area contributed by atoms with Crippen molar-refractivity contribution in [1.29, 1.82) is 0 Å². The standard InChI is InChI=1S/C14H14N4OS/c1-8-4-9(2)12-11(5-8)20-14(16-12)17-13(19)10-6-15-18(3)7-10/h4-7H,1-3H3,(H,16,17,19). The monoisotopic (exact) mass is 286 g/mol. The molecule has 102 valence electrons. The molecule has 2 aromatic heterocycles. The van der Waals surface area contributed by atoms with Gasteiger partial charge in [0.2, 0.25) is 0 Å². The van der Waals surface area contributed by atoms with Crippen LogP contribution in [0.3, 0.4) is 0 Å². The van der Waals surface area contributed by atoms with Gasteiger partial charge in [-0.3, -0.25) is 14.8 Å². The largest absolute Gasteiger partial charge is 0.298 e. The molecule has 0 aliphatic rings. The smallest absolute Gasteiger partial charge is 0.260 e. The van der Waals surface area contributed by atoms with Crippen molar-refractivity contribution in [2.24, 2.45) is 7.05 Å². The Bertz CT molecular complexity index is 803. The molecular formula is C14H14N4OS. The molecule has 0 unspecified atom stereocenters. The number of amides is 1. The van der Waals surface area contributed by atoms with Gasteiger partial charge >= 0.3 is 0 Å². The summed E-state index contributed by atoms with van der Waals surface area (Å²) in [6, 6.07) is 4.18. The van der Waals surface area contributed by atoms with Gasteiger partial charge in [0.05, 0.1) is 22.0 Å². The van der Waals surface area contributed by atoms with Crippen LogP contribution in [0.4, 0.5) is 5.13 Å². The highest BCUT2D eigenvalue weighted by atomic mass is 32.1.